The van der Waals surface area contributed by atoms with Crippen LogP contribution in [0.3, 0.4) is 0 Å². The van der Waals surface area contributed by atoms with Crippen molar-refractivity contribution in [3.05, 3.63) is 42.4 Å². The van der Waals surface area contributed by atoms with Crippen molar-refractivity contribution in [2.45, 2.75) is 38.9 Å². The number of hydrogen-bond donors (Lipinski definition) is 1. The first-order valence-corrected chi connectivity index (χ1v) is 7.77. The Bertz CT molecular complexity index is 543. The van der Waals surface area contributed by atoms with E-state index in [-0.39, 0.29) is 0 Å². The molecule has 1 N–H and O–H groups in total. The van der Waals surface area contributed by atoms with Crippen LogP contribution < -0.4 is 10.2 Å². The van der Waals surface area contributed by atoms with Crippen LogP contribution in [0.5, 0.6) is 0 Å². The third-order valence-electron chi connectivity index (χ3n) is 4.14. The van der Waals surface area contributed by atoms with Crippen LogP contribution in [0.4, 0.5) is 5.82 Å². The molecule has 0 bridgehead atoms. The highest BCUT2D eigenvalue weighted by atomic mass is 15.3. The summed E-state index contributed by atoms with van der Waals surface area (Å²) in [7, 11) is 0. The Balaban J connectivity index is 1.48. The molecule has 0 unspecified atom stereocenters. The number of pyridine rings is 1. The van der Waals surface area contributed by atoms with Gasteiger partial charge in [-0.2, -0.15) is 5.10 Å². The Morgan fingerprint density at radius 3 is 2.76 bits per heavy atom. The molecule has 2 aromatic rings. The minimum absolute atomic E-state index is 0.588. The summed E-state index contributed by atoms with van der Waals surface area (Å²) >= 11 is 0. The van der Waals surface area contributed by atoms with E-state index in [1.165, 1.54) is 5.69 Å². The Hall–Kier alpha value is -1.88. The number of nitrogens with zero attached hydrogens (tertiary/aromatic N) is 4. The molecular weight excluding hydrogens is 262 g/mol. The minimum Gasteiger partial charge on any atom is -0.357 e. The molecule has 112 valence electrons. The van der Waals surface area contributed by atoms with Crippen LogP contribution in [0.15, 0.2) is 36.7 Å². The van der Waals surface area contributed by atoms with E-state index in [2.05, 4.69) is 50.1 Å². The standard InChI is InChI=1S/C16H23N5/c1-2-21-15(6-10-19-21)13-18-14-7-11-20(12-8-14)16-5-3-4-9-17-16/h3-6,9-10,14,18H,2,7-8,11-13H2,1H3. The molecule has 0 aromatic carbocycles. The quantitative estimate of drug-likeness (QED) is 0.913. The van der Waals surface area contributed by atoms with Crippen molar-refractivity contribution in [2.24, 2.45) is 0 Å². The molecule has 0 saturated carbocycles. The molecule has 3 rings (SSSR count). The van der Waals surface area contributed by atoms with Gasteiger partial charge in [0.25, 0.3) is 0 Å². The molecule has 3 heterocycles. The summed E-state index contributed by atoms with van der Waals surface area (Å²) in [5, 5.41) is 7.97. The van der Waals surface area contributed by atoms with E-state index in [1.54, 1.807) is 0 Å². The van der Waals surface area contributed by atoms with Gasteiger partial charge >= 0.3 is 0 Å². The molecule has 0 spiro atoms. The van der Waals surface area contributed by atoms with Crippen molar-refractivity contribution in [3.8, 4) is 0 Å². The summed E-state index contributed by atoms with van der Waals surface area (Å²) in [5.41, 5.74) is 1.27. The number of aryl methyl sites for hydroxylation is 1. The van der Waals surface area contributed by atoms with Gasteiger partial charge in [-0.05, 0) is 38.0 Å². The van der Waals surface area contributed by atoms with Crippen molar-refractivity contribution in [3.63, 3.8) is 0 Å². The zero-order valence-electron chi connectivity index (χ0n) is 12.6. The van der Waals surface area contributed by atoms with E-state index in [0.717, 1.165) is 44.8 Å². The van der Waals surface area contributed by atoms with E-state index in [4.69, 9.17) is 0 Å². The Morgan fingerprint density at radius 1 is 1.19 bits per heavy atom. The second-order valence-electron chi connectivity index (χ2n) is 5.47. The van der Waals surface area contributed by atoms with E-state index in [0.29, 0.717) is 6.04 Å². The van der Waals surface area contributed by atoms with Crippen molar-refractivity contribution in [1.29, 1.82) is 0 Å². The Morgan fingerprint density at radius 2 is 2.05 bits per heavy atom. The monoisotopic (exact) mass is 285 g/mol. The van der Waals surface area contributed by atoms with Crippen LogP contribution in [0.2, 0.25) is 0 Å². The lowest BCUT2D eigenvalue weighted by Crippen LogP contribution is -2.42. The number of anilines is 1. The lowest BCUT2D eigenvalue weighted by molar-refractivity contribution is 0.405. The highest BCUT2D eigenvalue weighted by Crippen LogP contribution is 2.17. The lowest BCUT2D eigenvalue weighted by Gasteiger charge is -2.33. The zero-order valence-corrected chi connectivity index (χ0v) is 12.6. The normalized spacial score (nSPS) is 16.3. The maximum absolute atomic E-state index is 4.43. The molecule has 5 heteroatoms. The summed E-state index contributed by atoms with van der Waals surface area (Å²) in [4.78, 5) is 6.80. The van der Waals surface area contributed by atoms with Crippen molar-refractivity contribution in [2.75, 3.05) is 18.0 Å². The number of piperidine rings is 1. The number of nitrogens with one attached hydrogen (secondary N) is 1. The van der Waals surface area contributed by atoms with Gasteiger partial charge in [-0.3, -0.25) is 4.68 Å². The van der Waals surface area contributed by atoms with Gasteiger partial charge in [0, 0.05) is 44.6 Å². The number of hydrogen-bond acceptors (Lipinski definition) is 4. The molecule has 0 atom stereocenters. The molecule has 1 aliphatic heterocycles. The van der Waals surface area contributed by atoms with Gasteiger partial charge in [-0.25, -0.2) is 4.98 Å². The molecule has 0 radical (unpaired) electrons. The van der Waals surface area contributed by atoms with Crippen molar-refractivity contribution >= 4 is 5.82 Å². The molecule has 1 aliphatic rings. The molecule has 2 aromatic heterocycles. The van der Waals surface area contributed by atoms with Gasteiger partial charge in [0.15, 0.2) is 0 Å². The molecule has 0 amide bonds. The number of aromatic nitrogens is 3. The van der Waals surface area contributed by atoms with Crippen LogP contribution in [-0.2, 0) is 13.1 Å². The van der Waals surface area contributed by atoms with Crippen LogP contribution in [0.1, 0.15) is 25.5 Å². The van der Waals surface area contributed by atoms with Gasteiger partial charge in [0.05, 0.1) is 5.69 Å². The Kier molecular flexibility index (Phi) is 4.50. The molecule has 0 aliphatic carbocycles. The lowest BCUT2D eigenvalue weighted by atomic mass is 10.0. The SMILES string of the molecule is CCn1nccc1CNC1CCN(c2ccccn2)CC1. The molecule has 1 fully saturated rings. The topological polar surface area (TPSA) is 46.0 Å². The van der Waals surface area contributed by atoms with Gasteiger partial charge in [0.1, 0.15) is 5.82 Å². The fourth-order valence-corrected chi connectivity index (χ4v) is 2.90. The summed E-state index contributed by atoms with van der Waals surface area (Å²) in [6, 6.07) is 8.80. The largest absolute Gasteiger partial charge is 0.357 e. The predicted molar refractivity (Wildman–Crippen MR) is 84.2 cm³/mol. The summed E-state index contributed by atoms with van der Waals surface area (Å²) in [6.07, 6.45) is 6.07. The third-order valence-corrected chi connectivity index (χ3v) is 4.14. The maximum Gasteiger partial charge on any atom is 0.128 e. The maximum atomic E-state index is 4.43. The molecule has 21 heavy (non-hydrogen) atoms. The smallest absolute Gasteiger partial charge is 0.128 e. The summed E-state index contributed by atoms with van der Waals surface area (Å²) < 4.78 is 2.05. The van der Waals surface area contributed by atoms with Gasteiger partial charge in [-0.1, -0.05) is 6.07 Å². The van der Waals surface area contributed by atoms with Crippen LogP contribution in [0, 0.1) is 0 Å². The fraction of sp³-hybridized carbons (Fsp3) is 0.500. The van der Waals surface area contributed by atoms with Gasteiger partial charge < -0.3 is 10.2 Å². The molecular formula is C16H23N5. The van der Waals surface area contributed by atoms with Crippen molar-refractivity contribution < 1.29 is 0 Å². The average molecular weight is 285 g/mol. The second kappa shape index (κ2) is 6.72. The van der Waals surface area contributed by atoms with Crippen LogP contribution >= 0.6 is 0 Å². The third kappa shape index (κ3) is 3.42. The number of rotatable bonds is 5. The van der Waals surface area contributed by atoms with E-state index >= 15 is 0 Å². The van der Waals surface area contributed by atoms with E-state index in [1.807, 2.05) is 18.5 Å². The van der Waals surface area contributed by atoms with E-state index in [9.17, 15) is 0 Å². The highest BCUT2D eigenvalue weighted by Gasteiger charge is 2.19. The fourth-order valence-electron chi connectivity index (χ4n) is 2.90. The first kappa shape index (κ1) is 14.1. The first-order chi connectivity index (χ1) is 10.4. The Labute approximate surface area is 126 Å². The van der Waals surface area contributed by atoms with Crippen LogP contribution in [0.25, 0.3) is 0 Å². The summed E-state index contributed by atoms with van der Waals surface area (Å²) in [5.74, 6) is 1.10. The van der Waals surface area contributed by atoms with Crippen LogP contribution in [-0.4, -0.2) is 33.9 Å². The van der Waals surface area contributed by atoms with Gasteiger partial charge in [0.2, 0.25) is 0 Å². The summed E-state index contributed by atoms with van der Waals surface area (Å²) in [6.45, 7) is 6.11. The highest BCUT2D eigenvalue weighted by molar-refractivity contribution is 5.38. The zero-order chi connectivity index (χ0) is 14.5. The second-order valence-corrected chi connectivity index (χ2v) is 5.47. The van der Waals surface area contributed by atoms with E-state index < -0.39 is 0 Å². The van der Waals surface area contributed by atoms with Crippen molar-refractivity contribution in [1.82, 2.24) is 20.1 Å². The first-order valence-electron chi connectivity index (χ1n) is 7.77. The molecule has 5 nitrogen and oxygen atoms in total. The molecule has 1 saturated heterocycles. The average Bonchev–Trinajstić information content (AvgIpc) is 3.02. The predicted octanol–water partition coefficient (Wildman–Crippen LogP) is 2.06. The van der Waals surface area contributed by atoms with Gasteiger partial charge in [-0.15, -0.1) is 0 Å². The minimum atomic E-state index is 0.588.